The number of carbonyl (C=O) groups excluding carboxylic acids is 3. The van der Waals surface area contributed by atoms with Gasteiger partial charge in [-0.25, -0.2) is 4.79 Å². The zero-order chi connectivity index (χ0) is 28.0. The van der Waals surface area contributed by atoms with Crippen molar-refractivity contribution in [3.8, 4) is 0 Å². The van der Waals surface area contributed by atoms with E-state index < -0.39 is 17.8 Å². The fourth-order valence-corrected chi connectivity index (χ4v) is 6.79. The highest BCUT2D eigenvalue weighted by Gasteiger charge is 2.36. The minimum atomic E-state index is -0.501. The summed E-state index contributed by atoms with van der Waals surface area (Å²) in [4.78, 5) is 39.9. The summed E-state index contributed by atoms with van der Waals surface area (Å²) in [6, 6.07) is 32.5. The van der Waals surface area contributed by atoms with Crippen molar-refractivity contribution in [2.24, 2.45) is 0 Å². The van der Waals surface area contributed by atoms with Gasteiger partial charge in [-0.15, -0.1) is 16.8 Å². The Bertz CT molecular complexity index is 1100. The largest absolute Gasteiger partial charge is 0.333 e. The van der Waals surface area contributed by atoms with Crippen LogP contribution in [0.3, 0.4) is 0 Å². The van der Waals surface area contributed by atoms with Crippen LogP contribution in [0.4, 0.5) is 0 Å². The zero-order valence-electron chi connectivity index (χ0n) is 23.1. The summed E-state index contributed by atoms with van der Waals surface area (Å²) in [6.45, 7) is 0. The molecule has 0 aromatic heterocycles. The van der Waals surface area contributed by atoms with Crippen LogP contribution in [-0.2, 0) is 24.0 Å². The quantitative estimate of drug-likeness (QED) is 0.102. The molecule has 3 aromatic rings. The van der Waals surface area contributed by atoms with Crippen LogP contribution in [0.25, 0.3) is 0 Å². The smallest absolute Gasteiger partial charge is 0.330 e. The van der Waals surface area contributed by atoms with E-state index in [2.05, 4.69) is 91.0 Å². The first kappa shape index (κ1) is 29.6. The van der Waals surface area contributed by atoms with Gasteiger partial charge in [0.1, 0.15) is 0 Å². The molecule has 5 nitrogen and oxygen atoms in total. The molecule has 0 aliphatic carbocycles. The van der Waals surface area contributed by atoms with Crippen LogP contribution in [0.15, 0.2) is 91.0 Å². The van der Waals surface area contributed by atoms with Crippen molar-refractivity contribution in [1.82, 2.24) is 5.06 Å². The maximum atomic E-state index is 11.9. The molecule has 1 heterocycles. The monoisotopic (exact) mass is 557 g/mol. The van der Waals surface area contributed by atoms with Gasteiger partial charge in [0, 0.05) is 19.3 Å². The molecule has 0 atom stereocenters. The molecular weight excluding hydrogens is 518 g/mol. The molecule has 210 valence electrons. The number of rotatable bonds is 16. The van der Waals surface area contributed by atoms with Crippen LogP contribution >= 0.6 is 11.8 Å². The van der Waals surface area contributed by atoms with Crippen LogP contribution in [-0.4, -0.2) is 28.6 Å². The molecule has 1 saturated heterocycles. The minimum absolute atomic E-state index is 0.124. The molecule has 6 heteroatoms. The Hall–Kier alpha value is -3.38. The third-order valence-electron chi connectivity index (χ3n) is 7.33. The summed E-state index contributed by atoms with van der Waals surface area (Å²) < 4.78 is -0.250. The highest BCUT2D eigenvalue weighted by Crippen LogP contribution is 2.48. The summed E-state index contributed by atoms with van der Waals surface area (Å²) in [5.74, 6) is -0.285. The number of thioether (sulfide) groups is 1. The molecule has 1 fully saturated rings. The van der Waals surface area contributed by atoms with Gasteiger partial charge in [-0.3, -0.25) is 9.59 Å². The highest BCUT2D eigenvalue weighted by atomic mass is 32.2. The molecule has 1 aliphatic heterocycles. The first-order valence-corrected chi connectivity index (χ1v) is 15.5. The molecule has 0 N–H and O–H groups in total. The lowest BCUT2D eigenvalue weighted by Gasteiger charge is -2.35. The number of amides is 2. The average Bonchev–Trinajstić information content (AvgIpc) is 3.31. The molecule has 0 unspecified atom stereocenters. The Morgan fingerprint density at radius 1 is 0.625 bits per heavy atom. The topological polar surface area (TPSA) is 63.7 Å². The molecule has 3 aromatic carbocycles. The van der Waals surface area contributed by atoms with E-state index in [-0.39, 0.29) is 24.0 Å². The van der Waals surface area contributed by atoms with Crippen molar-refractivity contribution >= 4 is 29.5 Å². The Morgan fingerprint density at radius 2 is 1.02 bits per heavy atom. The van der Waals surface area contributed by atoms with Crippen molar-refractivity contribution in [3.63, 3.8) is 0 Å². The van der Waals surface area contributed by atoms with Gasteiger partial charge in [0.2, 0.25) is 0 Å². The molecule has 0 saturated carbocycles. The second-order valence-electron chi connectivity index (χ2n) is 10.3. The zero-order valence-corrected chi connectivity index (χ0v) is 24.0. The van der Waals surface area contributed by atoms with Crippen molar-refractivity contribution in [1.29, 1.82) is 0 Å². The summed E-state index contributed by atoms with van der Waals surface area (Å²) in [7, 11) is 0. The molecule has 0 spiro atoms. The van der Waals surface area contributed by atoms with E-state index in [0.717, 1.165) is 25.0 Å². The van der Waals surface area contributed by atoms with Crippen molar-refractivity contribution in [3.05, 3.63) is 108 Å². The first-order chi connectivity index (χ1) is 19.6. The first-order valence-electron chi connectivity index (χ1n) is 14.5. The Kier molecular flexibility index (Phi) is 11.4. The maximum Gasteiger partial charge on any atom is 0.333 e. The van der Waals surface area contributed by atoms with Gasteiger partial charge >= 0.3 is 5.97 Å². The van der Waals surface area contributed by atoms with Gasteiger partial charge in [0.25, 0.3) is 11.8 Å². The Balaban J connectivity index is 1.19. The lowest BCUT2D eigenvalue weighted by molar-refractivity contribution is -0.197. The number of hydroxylamine groups is 2. The Labute approximate surface area is 242 Å². The van der Waals surface area contributed by atoms with Gasteiger partial charge in [-0.05, 0) is 35.3 Å². The van der Waals surface area contributed by atoms with Crippen LogP contribution in [0, 0.1) is 0 Å². The number of unbranched alkanes of at least 4 members (excludes halogenated alkanes) is 7. The van der Waals surface area contributed by atoms with Gasteiger partial charge in [-0.2, -0.15) is 0 Å². The fraction of sp³-hybridized carbons (Fsp3) is 0.382. The highest BCUT2D eigenvalue weighted by molar-refractivity contribution is 8.00. The second-order valence-corrected chi connectivity index (χ2v) is 11.6. The lowest BCUT2D eigenvalue weighted by Crippen LogP contribution is -2.31. The molecule has 2 amide bonds. The van der Waals surface area contributed by atoms with Crippen molar-refractivity contribution in [2.75, 3.05) is 5.75 Å². The van der Waals surface area contributed by atoms with Gasteiger partial charge in [-0.1, -0.05) is 130 Å². The Morgan fingerprint density at radius 3 is 1.48 bits per heavy atom. The number of nitrogens with zero attached hydrogens (tertiary/aromatic N) is 1. The number of carbonyl (C=O) groups is 3. The van der Waals surface area contributed by atoms with E-state index in [0.29, 0.717) is 11.5 Å². The van der Waals surface area contributed by atoms with Crippen molar-refractivity contribution < 1.29 is 19.2 Å². The minimum Gasteiger partial charge on any atom is -0.330 e. The van der Waals surface area contributed by atoms with E-state index in [1.54, 1.807) is 0 Å². The second kappa shape index (κ2) is 15.4. The van der Waals surface area contributed by atoms with E-state index in [9.17, 15) is 14.4 Å². The third kappa shape index (κ3) is 7.85. The molecular formula is C34H39NO4S. The summed E-state index contributed by atoms with van der Waals surface area (Å²) in [5.41, 5.74) is 3.92. The summed E-state index contributed by atoms with van der Waals surface area (Å²) >= 11 is 2.03. The normalized spacial score (nSPS) is 13.6. The standard InChI is InChI=1S/C34H39NO4S/c36-31-25-26-32(37)35(31)39-33(38)24-16-5-3-1-2-4-6-17-27-40-34(28-18-10-7-11-19-28,29-20-12-8-13-21-29)30-22-14-9-15-23-30/h7-15,18-23H,1-6,16-17,24-27H2. The molecule has 40 heavy (non-hydrogen) atoms. The fourth-order valence-electron chi connectivity index (χ4n) is 5.23. The predicted molar refractivity (Wildman–Crippen MR) is 160 cm³/mol. The van der Waals surface area contributed by atoms with E-state index in [4.69, 9.17) is 4.84 Å². The lowest BCUT2D eigenvalue weighted by atomic mass is 9.84. The SMILES string of the molecule is O=C(CCCCCCCCCCSC(c1ccccc1)(c1ccccc1)c1ccccc1)ON1C(=O)CCC1=O. The molecule has 0 radical (unpaired) electrons. The number of hydrogen-bond acceptors (Lipinski definition) is 5. The van der Waals surface area contributed by atoms with Gasteiger partial charge < -0.3 is 4.84 Å². The summed E-state index contributed by atoms with van der Waals surface area (Å²) in [6.07, 6.45) is 9.12. The van der Waals surface area contributed by atoms with Gasteiger partial charge in [0.05, 0.1) is 4.75 Å². The summed E-state index contributed by atoms with van der Waals surface area (Å²) in [5, 5.41) is 0.629. The van der Waals surface area contributed by atoms with E-state index in [1.807, 2.05) is 11.8 Å². The molecule has 1 aliphatic rings. The molecule has 4 rings (SSSR count). The van der Waals surface area contributed by atoms with Gasteiger partial charge in [0.15, 0.2) is 0 Å². The van der Waals surface area contributed by atoms with E-state index >= 15 is 0 Å². The predicted octanol–water partition coefficient (Wildman–Crippen LogP) is 7.83. The number of imide groups is 1. The number of hydrogen-bond donors (Lipinski definition) is 0. The van der Waals surface area contributed by atoms with Crippen LogP contribution in [0.2, 0.25) is 0 Å². The van der Waals surface area contributed by atoms with Crippen LogP contribution in [0.5, 0.6) is 0 Å². The maximum absolute atomic E-state index is 11.9. The number of benzene rings is 3. The van der Waals surface area contributed by atoms with Crippen LogP contribution < -0.4 is 0 Å². The van der Waals surface area contributed by atoms with Crippen LogP contribution in [0.1, 0.15) is 87.3 Å². The average molecular weight is 558 g/mol. The van der Waals surface area contributed by atoms with E-state index in [1.165, 1.54) is 42.4 Å². The third-order valence-corrected chi connectivity index (χ3v) is 8.97. The van der Waals surface area contributed by atoms with Crippen molar-refractivity contribution in [2.45, 2.75) is 75.4 Å². The molecule has 0 bridgehead atoms.